The van der Waals surface area contributed by atoms with Gasteiger partial charge in [-0.05, 0) is 278 Å². The first-order valence-corrected chi connectivity index (χ1v) is 35.2. The molecular formula is C75H124B3Br3N4O17. The highest BCUT2D eigenvalue weighted by molar-refractivity contribution is 9.11. The molecule has 27 heteroatoms. The first-order valence-electron chi connectivity index (χ1n) is 32.8. The highest BCUT2D eigenvalue weighted by Crippen LogP contribution is 2.22. The first kappa shape index (κ1) is 108. The van der Waals surface area contributed by atoms with E-state index >= 15 is 0 Å². The summed E-state index contributed by atoms with van der Waals surface area (Å²) in [6.07, 6.45) is 0.0944. The number of amides is 3. The average Bonchev–Trinajstić information content (AvgIpc) is 0.880. The van der Waals surface area contributed by atoms with Gasteiger partial charge in [-0.1, -0.05) is 114 Å². The Morgan fingerprint density at radius 2 is 0.510 bits per heavy atom. The number of nitrogens with one attached hydrogen (secondary N) is 3. The molecule has 4 rings (SSSR count). The van der Waals surface area contributed by atoms with E-state index in [1.807, 2.05) is 147 Å². The second-order valence-corrected chi connectivity index (χ2v) is 33.8. The molecule has 11 N–H and O–H groups in total. The topological polar surface area (TPSA) is 324 Å². The van der Waals surface area contributed by atoms with Crippen LogP contribution in [-0.2, 0) is 54.1 Å². The molecule has 0 aliphatic carbocycles. The summed E-state index contributed by atoms with van der Waals surface area (Å²) in [4.78, 5) is 56.1. The third-order valence-corrected chi connectivity index (χ3v) is 14.4. The van der Waals surface area contributed by atoms with Gasteiger partial charge in [0.25, 0.3) is 0 Å². The lowest BCUT2D eigenvalue weighted by atomic mass is 9.90. The molecule has 0 unspecified atom stereocenters. The monoisotopic (exact) mass is 1620 g/mol. The summed E-state index contributed by atoms with van der Waals surface area (Å²) in [5, 5.41) is 62.8. The number of benzene rings is 4. The molecular weight excluding hydrogens is 1500 g/mol. The van der Waals surface area contributed by atoms with Gasteiger partial charge in [-0.25, -0.2) is 24.0 Å². The van der Waals surface area contributed by atoms with E-state index in [1.165, 1.54) is 16.7 Å². The van der Waals surface area contributed by atoms with Crippen molar-refractivity contribution < 1.29 is 83.0 Å². The first-order chi connectivity index (χ1) is 44.7. The minimum absolute atomic E-state index is 0. The fourth-order valence-corrected chi connectivity index (χ4v) is 6.08. The van der Waals surface area contributed by atoms with Gasteiger partial charge in [-0.15, -0.1) is 0 Å². The van der Waals surface area contributed by atoms with Crippen molar-refractivity contribution in [1.82, 2.24) is 16.0 Å². The Bertz CT molecular complexity index is 2630. The van der Waals surface area contributed by atoms with Gasteiger partial charge in [-0.2, -0.15) is 0 Å². The summed E-state index contributed by atoms with van der Waals surface area (Å²) in [5.74, 6) is 0. The fraction of sp³-hybridized carbons (Fsp3) is 0.613. The van der Waals surface area contributed by atoms with Crippen LogP contribution in [0.3, 0.4) is 0 Å². The van der Waals surface area contributed by atoms with E-state index in [-0.39, 0.29) is 35.1 Å². The van der Waals surface area contributed by atoms with Gasteiger partial charge in [0.1, 0.15) is 35.9 Å². The van der Waals surface area contributed by atoms with E-state index in [1.54, 1.807) is 125 Å². The predicted octanol–water partition coefficient (Wildman–Crippen LogP) is 14.2. The molecule has 0 aliphatic heterocycles. The standard InChI is InChI=1S/C13H18BNO2.2C13H18BrNO2.C10H18O5.C8H10BrN.3C6H14O2.2B/c3*1-13(2,3)17-12(16)15-9-8-10-4-6-11(14)7-5-10;1-9(2,3)14-7(11)13-8(12)15-10(4,5)6;9-8-3-1-7(2-4-8)5-6-10;3*1-5(2,7)6(3,4)8;;/h3*4-7H,8-9H2,1-3H3,(H,15,16);1-6H3;1-4H,5-6,10H2;3*7-8H,1-4H3;;. The summed E-state index contributed by atoms with van der Waals surface area (Å²) in [6.45, 7) is 48.0. The second-order valence-electron chi connectivity index (χ2n) is 31.1. The van der Waals surface area contributed by atoms with E-state index in [0.29, 0.717) is 19.6 Å². The summed E-state index contributed by atoms with van der Waals surface area (Å²) < 4.78 is 32.4. The molecule has 0 aromatic heterocycles. The van der Waals surface area contributed by atoms with E-state index in [9.17, 15) is 24.0 Å². The number of nitrogens with two attached hydrogens (primary N) is 1. The van der Waals surface area contributed by atoms with Gasteiger partial charge in [0, 0.05) is 49.9 Å². The van der Waals surface area contributed by atoms with Crippen LogP contribution in [0.2, 0.25) is 0 Å². The van der Waals surface area contributed by atoms with Crippen molar-refractivity contribution in [2.24, 2.45) is 5.73 Å². The van der Waals surface area contributed by atoms with Gasteiger partial charge >= 0.3 is 30.6 Å². The van der Waals surface area contributed by atoms with Crippen LogP contribution in [0.25, 0.3) is 0 Å². The lowest BCUT2D eigenvalue weighted by molar-refractivity contribution is -0.107. The Morgan fingerprint density at radius 3 is 0.676 bits per heavy atom. The molecule has 0 saturated heterocycles. The fourth-order valence-electron chi connectivity index (χ4n) is 5.28. The van der Waals surface area contributed by atoms with Gasteiger partial charge < -0.3 is 80.7 Å². The number of halogens is 3. The number of aliphatic hydroxyl groups is 6. The smallest absolute Gasteiger partial charge is 0.444 e. The molecule has 4 aromatic carbocycles. The van der Waals surface area contributed by atoms with Crippen LogP contribution in [0.4, 0.5) is 24.0 Å². The molecule has 8 radical (unpaired) electrons. The largest absolute Gasteiger partial charge is 0.519 e. The number of carbonyl (C=O) groups excluding carboxylic acids is 5. The van der Waals surface area contributed by atoms with E-state index in [2.05, 4.69) is 80.6 Å². The minimum Gasteiger partial charge on any atom is -0.444 e. The maximum absolute atomic E-state index is 11.4. The average molecular weight is 1630 g/mol. The Hall–Kier alpha value is -5.22. The molecule has 0 fully saturated rings. The van der Waals surface area contributed by atoms with E-state index in [4.69, 9.17) is 67.9 Å². The molecule has 4 aromatic rings. The van der Waals surface area contributed by atoms with Crippen LogP contribution in [0.1, 0.15) is 209 Å². The molecule has 102 heavy (non-hydrogen) atoms. The summed E-state index contributed by atoms with van der Waals surface area (Å²) >= 11 is 10.1. The van der Waals surface area contributed by atoms with Crippen molar-refractivity contribution >= 4 is 109 Å². The Kier molecular flexibility index (Phi) is 51.6. The van der Waals surface area contributed by atoms with Crippen molar-refractivity contribution in [3.05, 3.63) is 133 Å². The zero-order valence-corrected chi connectivity index (χ0v) is 70.8. The normalized spacial score (nSPS) is 11.6. The number of hydrogen-bond acceptors (Lipinski definition) is 18. The van der Waals surface area contributed by atoms with Crippen LogP contribution in [0.5, 0.6) is 0 Å². The molecule has 0 spiro atoms. The number of alkyl carbamates (subject to hydrolysis) is 3. The lowest BCUT2D eigenvalue weighted by Gasteiger charge is -2.31. The molecule has 21 nitrogen and oxygen atoms in total. The highest BCUT2D eigenvalue weighted by atomic mass is 79.9. The number of carbonyl (C=O) groups is 5. The van der Waals surface area contributed by atoms with Crippen molar-refractivity contribution in [2.75, 3.05) is 26.2 Å². The minimum atomic E-state index is -1.06. The van der Waals surface area contributed by atoms with Crippen molar-refractivity contribution in [3.8, 4) is 0 Å². The number of hydrogen-bond donors (Lipinski definition) is 10. The molecule has 0 bridgehead atoms. The van der Waals surface area contributed by atoms with Crippen molar-refractivity contribution in [1.29, 1.82) is 0 Å². The summed E-state index contributed by atoms with van der Waals surface area (Å²) in [5.41, 5.74) is 2.16. The lowest BCUT2D eigenvalue weighted by Crippen LogP contribution is -2.44. The SMILES string of the molecule is CC(C)(C)OC(=O)NCCc1ccc(Br)cc1.CC(C)(C)OC(=O)NCCc1ccc(Br)cc1.CC(C)(C)OC(=O)OC(=O)OC(C)(C)C.CC(C)(O)C(C)(C)O.CC(C)(O)C(C)(C)O.CC(C)(O)C(C)(C)O.NCCc1ccc(Br)cc1.[B].[B].[B]c1ccc(CCNC(=O)OC(C)(C)C)cc1. The Labute approximate surface area is 642 Å². The Morgan fingerprint density at radius 1 is 0.333 bits per heavy atom. The van der Waals surface area contributed by atoms with Crippen LogP contribution in [0.15, 0.2) is 110 Å². The molecule has 0 aliphatic rings. The molecule has 0 saturated carbocycles. The zero-order valence-electron chi connectivity index (χ0n) is 66.0. The van der Waals surface area contributed by atoms with E-state index in [0.717, 1.165) is 56.7 Å². The van der Waals surface area contributed by atoms with Gasteiger partial charge in [-0.3, -0.25) is 0 Å². The van der Waals surface area contributed by atoms with Gasteiger partial charge in [0.2, 0.25) is 0 Å². The van der Waals surface area contributed by atoms with Crippen LogP contribution < -0.4 is 27.1 Å². The van der Waals surface area contributed by atoms with Gasteiger partial charge in [0.05, 0.1) is 33.6 Å². The van der Waals surface area contributed by atoms with Crippen LogP contribution >= 0.6 is 47.8 Å². The molecule has 0 heterocycles. The van der Waals surface area contributed by atoms with Crippen LogP contribution in [0, 0.1) is 0 Å². The quantitative estimate of drug-likeness (QED) is 0.0243. The maximum atomic E-state index is 11.4. The second kappa shape index (κ2) is 48.8. The number of rotatable bonds is 14. The van der Waals surface area contributed by atoms with Crippen molar-refractivity contribution in [2.45, 2.75) is 274 Å². The van der Waals surface area contributed by atoms with Gasteiger partial charge in [0.15, 0.2) is 0 Å². The molecule has 576 valence electrons. The summed E-state index contributed by atoms with van der Waals surface area (Å²) in [7, 11) is 5.58. The van der Waals surface area contributed by atoms with Crippen molar-refractivity contribution in [3.63, 3.8) is 0 Å². The molecule has 0 atom stereocenters. The van der Waals surface area contributed by atoms with Crippen LogP contribution in [-0.4, -0.2) is 174 Å². The summed E-state index contributed by atoms with van der Waals surface area (Å²) in [6, 6.07) is 31.9. The third kappa shape index (κ3) is 66.7. The number of ether oxygens (including phenoxy) is 6. The zero-order chi connectivity index (χ0) is 79.3. The highest BCUT2D eigenvalue weighted by Gasteiger charge is 2.34. The van der Waals surface area contributed by atoms with E-state index < -0.39 is 73.9 Å². The molecule has 3 amide bonds. The predicted molar refractivity (Wildman–Crippen MR) is 424 cm³/mol. The maximum Gasteiger partial charge on any atom is 0.519 e. The Balaban J connectivity index is -0.000000262. The third-order valence-electron chi connectivity index (χ3n) is 12.8.